The molecule has 0 saturated carbocycles. The number of aromatic nitrogens is 3. The minimum Gasteiger partial charge on any atom is -0.396 e. The maximum absolute atomic E-state index is 5.79. The second-order valence-electron chi connectivity index (χ2n) is 3.46. The van der Waals surface area contributed by atoms with Crippen LogP contribution in [0.2, 0.25) is 0 Å². The van der Waals surface area contributed by atoms with E-state index in [1.54, 1.807) is 6.20 Å². The van der Waals surface area contributed by atoms with Crippen LogP contribution in [-0.4, -0.2) is 15.2 Å². The third kappa shape index (κ3) is 2.44. The zero-order valence-corrected chi connectivity index (χ0v) is 9.01. The zero-order chi connectivity index (χ0) is 11.4. The van der Waals surface area contributed by atoms with Crippen molar-refractivity contribution in [1.29, 1.82) is 0 Å². The number of rotatable bonds is 3. The van der Waals surface area contributed by atoms with Crippen molar-refractivity contribution in [2.75, 3.05) is 11.1 Å². The lowest BCUT2D eigenvalue weighted by atomic mass is 10.3. The summed E-state index contributed by atoms with van der Waals surface area (Å²) in [5.41, 5.74) is 8.21. The monoisotopic (exact) mass is 215 g/mol. The van der Waals surface area contributed by atoms with Crippen molar-refractivity contribution in [2.24, 2.45) is 0 Å². The Morgan fingerprint density at radius 1 is 1.31 bits per heavy atom. The standard InChI is InChI=1S/C11H13N5/c1-8-4-5-10(12)11(15-8)13-7-9-3-2-6-14-16-9/h2-6H,7,12H2,1H3,(H,13,15). The largest absolute Gasteiger partial charge is 0.396 e. The first kappa shape index (κ1) is 10.4. The van der Waals surface area contributed by atoms with Gasteiger partial charge >= 0.3 is 0 Å². The molecular formula is C11H13N5. The highest BCUT2D eigenvalue weighted by Gasteiger charge is 2.01. The van der Waals surface area contributed by atoms with E-state index in [1.807, 2.05) is 31.2 Å². The smallest absolute Gasteiger partial charge is 0.149 e. The average molecular weight is 215 g/mol. The molecule has 0 atom stereocenters. The number of nitrogen functional groups attached to an aromatic ring is 1. The predicted molar refractivity (Wildman–Crippen MR) is 62.7 cm³/mol. The van der Waals surface area contributed by atoms with Crippen LogP contribution in [-0.2, 0) is 6.54 Å². The number of aryl methyl sites for hydroxylation is 1. The van der Waals surface area contributed by atoms with Crippen LogP contribution >= 0.6 is 0 Å². The molecule has 3 N–H and O–H groups in total. The molecule has 0 bridgehead atoms. The Balaban J connectivity index is 2.08. The first-order valence-corrected chi connectivity index (χ1v) is 4.99. The van der Waals surface area contributed by atoms with Gasteiger partial charge in [0, 0.05) is 11.9 Å². The van der Waals surface area contributed by atoms with Gasteiger partial charge in [-0.2, -0.15) is 10.2 Å². The van der Waals surface area contributed by atoms with Crippen molar-refractivity contribution in [3.05, 3.63) is 41.9 Å². The minimum absolute atomic E-state index is 0.564. The quantitative estimate of drug-likeness (QED) is 0.808. The first-order valence-electron chi connectivity index (χ1n) is 4.99. The number of hydrogen-bond acceptors (Lipinski definition) is 5. The molecule has 0 aliphatic carbocycles. The third-order valence-electron chi connectivity index (χ3n) is 2.13. The summed E-state index contributed by atoms with van der Waals surface area (Å²) in [6.07, 6.45) is 1.64. The molecule has 5 nitrogen and oxygen atoms in total. The molecule has 5 heteroatoms. The van der Waals surface area contributed by atoms with E-state index in [0.29, 0.717) is 18.1 Å². The van der Waals surface area contributed by atoms with Gasteiger partial charge < -0.3 is 11.1 Å². The number of nitrogens with zero attached hydrogens (tertiary/aromatic N) is 3. The van der Waals surface area contributed by atoms with Crippen LogP contribution in [0, 0.1) is 6.92 Å². The molecule has 2 aromatic rings. The molecule has 2 rings (SSSR count). The lowest BCUT2D eigenvalue weighted by Crippen LogP contribution is -2.06. The minimum atomic E-state index is 0.564. The number of nitrogens with two attached hydrogens (primary N) is 1. The molecule has 0 radical (unpaired) electrons. The van der Waals surface area contributed by atoms with Crippen LogP contribution in [0.1, 0.15) is 11.4 Å². The van der Waals surface area contributed by atoms with Crippen molar-refractivity contribution >= 4 is 11.5 Å². The van der Waals surface area contributed by atoms with Gasteiger partial charge in [0.05, 0.1) is 17.9 Å². The van der Waals surface area contributed by atoms with Crippen LogP contribution in [0.4, 0.5) is 11.5 Å². The van der Waals surface area contributed by atoms with E-state index >= 15 is 0 Å². The molecule has 82 valence electrons. The maximum Gasteiger partial charge on any atom is 0.149 e. The molecular weight excluding hydrogens is 202 g/mol. The van der Waals surface area contributed by atoms with Gasteiger partial charge in [-0.1, -0.05) is 0 Å². The number of pyridine rings is 1. The highest BCUT2D eigenvalue weighted by atomic mass is 15.1. The molecule has 0 aliphatic rings. The summed E-state index contributed by atoms with van der Waals surface area (Å²) in [5, 5.41) is 10.9. The molecule has 0 saturated heterocycles. The van der Waals surface area contributed by atoms with E-state index < -0.39 is 0 Å². The van der Waals surface area contributed by atoms with Gasteiger partial charge in [0.25, 0.3) is 0 Å². The van der Waals surface area contributed by atoms with E-state index in [1.165, 1.54) is 0 Å². The van der Waals surface area contributed by atoms with Gasteiger partial charge in [-0.15, -0.1) is 0 Å². The predicted octanol–water partition coefficient (Wildman–Crippen LogP) is 1.37. The number of anilines is 2. The molecule has 0 amide bonds. The third-order valence-corrected chi connectivity index (χ3v) is 2.13. The number of hydrogen-bond donors (Lipinski definition) is 2. The number of nitrogens with one attached hydrogen (secondary N) is 1. The van der Waals surface area contributed by atoms with Crippen LogP contribution in [0.5, 0.6) is 0 Å². The summed E-state index contributed by atoms with van der Waals surface area (Å²) in [6.45, 7) is 2.49. The van der Waals surface area contributed by atoms with Crippen molar-refractivity contribution in [1.82, 2.24) is 15.2 Å². The van der Waals surface area contributed by atoms with Crippen molar-refractivity contribution in [3.63, 3.8) is 0 Å². The van der Waals surface area contributed by atoms with Gasteiger partial charge in [-0.05, 0) is 31.2 Å². The summed E-state index contributed by atoms with van der Waals surface area (Å²) >= 11 is 0. The summed E-state index contributed by atoms with van der Waals surface area (Å²) in [4.78, 5) is 4.30. The SMILES string of the molecule is Cc1ccc(N)c(NCc2cccnn2)n1. The topological polar surface area (TPSA) is 76.7 Å². The first-order chi connectivity index (χ1) is 7.75. The van der Waals surface area contributed by atoms with E-state index in [0.717, 1.165) is 11.4 Å². The molecule has 2 aromatic heterocycles. The Morgan fingerprint density at radius 3 is 2.94 bits per heavy atom. The van der Waals surface area contributed by atoms with Crippen LogP contribution in [0.15, 0.2) is 30.5 Å². The average Bonchev–Trinajstić information content (AvgIpc) is 2.32. The molecule has 0 aliphatic heterocycles. The van der Waals surface area contributed by atoms with Gasteiger partial charge in [-0.3, -0.25) is 0 Å². The zero-order valence-electron chi connectivity index (χ0n) is 9.01. The van der Waals surface area contributed by atoms with Gasteiger partial charge in [0.2, 0.25) is 0 Å². The molecule has 0 aromatic carbocycles. The Kier molecular flexibility index (Phi) is 2.95. The van der Waals surface area contributed by atoms with Gasteiger partial charge in [0.1, 0.15) is 5.82 Å². The van der Waals surface area contributed by atoms with Gasteiger partial charge in [0.15, 0.2) is 0 Å². The fraction of sp³-hybridized carbons (Fsp3) is 0.182. The molecule has 0 unspecified atom stereocenters. The van der Waals surface area contributed by atoms with Crippen LogP contribution in [0.3, 0.4) is 0 Å². The fourth-order valence-corrected chi connectivity index (χ4v) is 1.31. The molecule has 0 spiro atoms. The lowest BCUT2D eigenvalue weighted by molar-refractivity contribution is 0.920. The Labute approximate surface area is 93.7 Å². The van der Waals surface area contributed by atoms with E-state index in [2.05, 4.69) is 20.5 Å². The Hall–Kier alpha value is -2.17. The lowest BCUT2D eigenvalue weighted by Gasteiger charge is -2.07. The molecule has 0 fully saturated rings. The van der Waals surface area contributed by atoms with Crippen molar-refractivity contribution in [2.45, 2.75) is 13.5 Å². The van der Waals surface area contributed by atoms with E-state index in [-0.39, 0.29) is 0 Å². The Morgan fingerprint density at radius 2 is 2.19 bits per heavy atom. The second-order valence-corrected chi connectivity index (χ2v) is 3.46. The summed E-state index contributed by atoms with van der Waals surface area (Å²) < 4.78 is 0. The summed E-state index contributed by atoms with van der Waals surface area (Å²) in [5.74, 6) is 0.686. The second kappa shape index (κ2) is 4.57. The maximum atomic E-state index is 5.79. The van der Waals surface area contributed by atoms with Crippen molar-refractivity contribution < 1.29 is 0 Å². The summed E-state index contributed by atoms with van der Waals surface area (Å²) in [6, 6.07) is 7.45. The summed E-state index contributed by atoms with van der Waals surface area (Å²) in [7, 11) is 0. The van der Waals surface area contributed by atoms with Crippen LogP contribution < -0.4 is 11.1 Å². The van der Waals surface area contributed by atoms with Crippen LogP contribution in [0.25, 0.3) is 0 Å². The fourth-order valence-electron chi connectivity index (χ4n) is 1.31. The normalized spacial score (nSPS) is 10.1. The molecule has 2 heterocycles. The van der Waals surface area contributed by atoms with E-state index in [9.17, 15) is 0 Å². The Bertz CT molecular complexity index is 469. The highest BCUT2D eigenvalue weighted by molar-refractivity contribution is 5.61. The van der Waals surface area contributed by atoms with Crippen molar-refractivity contribution in [3.8, 4) is 0 Å². The molecule has 16 heavy (non-hydrogen) atoms. The van der Waals surface area contributed by atoms with Gasteiger partial charge in [-0.25, -0.2) is 4.98 Å². The van der Waals surface area contributed by atoms with E-state index in [4.69, 9.17) is 5.73 Å². The highest BCUT2D eigenvalue weighted by Crippen LogP contribution is 2.15.